The molecule has 1 aromatic heterocycles. The maximum Gasteiger partial charge on any atom is 0.263 e. The van der Waals surface area contributed by atoms with Crippen LogP contribution in [0.2, 0.25) is 5.02 Å². The number of hydrogen-bond acceptors (Lipinski definition) is 4. The summed E-state index contributed by atoms with van der Waals surface area (Å²) in [5.41, 5.74) is 8.51. The molecule has 36 heavy (non-hydrogen) atoms. The molecule has 0 unspecified atom stereocenters. The maximum atomic E-state index is 14.5. The molecule has 2 aromatic carbocycles. The molecule has 3 aromatic rings. The van der Waals surface area contributed by atoms with Crippen molar-refractivity contribution in [3.8, 4) is 16.9 Å². The van der Waals surface area contributed by atoms with Gasteiger partial charge >= 0.3 is 0 Å². The highest BCUT2D eigenvalue weighted by Gasteiger charge is 2.29. The molecule has 2 fully saturated rings. The summed E-state index contributed by atoms with van der Waals surface area (Å²) in [5, 5.41) is 0.0269. The fourth-order valence-electron chi connectivity index (χ4n) is 4.78. The summed E-state index contributed by atoms with van der Waals surface area (Å²) in [5.74, 6) is -0.704. The van der Waals surface area contributed by atoms with E-state index in [-0.39, 0.29) is 22.5 Å². The van der Waals surface area contributed by atoms with E-state index in [0.29, 0.717) is 17.2 Å². The van der Waals surface area contributed by atoms with E-state index in [0.717, 1.165) is 55.2 Å². The number of nitrogens with two attached hydrogens (primary N) is 1. The van der Waals surface area contributed by atoms with Crippen molar-refractivity contribution in [1.82, 2.24) is 4.98 Å². The van der Waals surface area contributed by atoms with Gasteiger partial charge in [-0.25, -0.2) is 9.37 Å². The fraction of sp³-hybridized carbons (Fsp3) is 0.321. The standard InChI is InChI=1S/C28H27ClFN3O3/c1-33(28(35)25-22(29)7-4-8-23(25)30)27-24(36-19-5-2-3-6-19)14-18(15-32-27)21-13-17(26(31)34)11-12-20(21)16-9-10-16/h4,7-8,11-16,19H,2-3,5-6,9-10H2,1H3,(H2,31,34). The second kappa shape index (κ2) is 9.90. The lowest BCUT2D eigenvalue weighted by molar-refractivity contribution is 0.0983. The van der Waals surface area contributed by atoms with E-state index in [9.17, 15) is 14.0 Å². The van der Waals surface area contributed by atoms with Gasteiger partial charge in [0.05, 0.1) is 16.7 Å². The van der Waals surface area contributed by atoms with E-state index in [1.54, 1.807) is 18.3 Å². The number of hydrogen-bond donors (Lipinski definition) is 1. The van der Waals surface area contributed by atoms with Crippen LogP contribution in [0.3, 0.4) is 0 Å². The number of carbonyl (C=O) groups is 2. The van der Waals surface area contributed by atoms with Crippen LogP contribution in [0.1, 0.15) is 70.7 Å². The average molecular weight is 508 g/mol. The Labute approximate surface area is 214 Å². The molecule has 2 saturated carbocycles. The number of anilines is 1. The molecule has 2 N–H and O–H groups in total. The van der Waals surface area contributed by atoms with Crippen molar-refractivity contribution in [2.45, 2.75) is 50.5 Å². The lowest BCUT2D eigenvalue weighted by Gasteiger charge is -2.23. The number of carbonyl (C=O) groups excluding carboxylic acids is 2. The summed E-state index contributed by atoms with van der Waals surface area (Å²) in [7, 11) is 1.53. The third kappa shape index (κ3) is 4.80. The smallest absolute Gasteiger partial charge is 0.263 e. The van der Waals surface area contributed by atoms with Gasteiger partial charge in [-0.3, -0.25) is 14.5 Å². The van der Waals surface area contributed by atoms with Crippen LogP contribution < -0.4 is 15.4 Å². The number of amides is 2. The van der Waals surface area contributed by atoms with Crippen molar-refractivity contribution in [3.05, 3.63) is 76.2 Å². The predicted octanol–water partition coefficient (Wildman–Crippen LogP) is 6.12. The molecule has 6 nitrogen and oxygen atoms in total. The first-order chi connectivity index (χ1) is 17.3. The average Bonchev–Trinajstić information content (AvgIpc) is 3.59. The molecule has 0 bridgehead atoms. The zero-order chi connectivity index (χ0) is 25.4. The van der Waals surface area contributed by atoms with E-state index < -0.39 is 17.6 Å². The Morgan fingerprint density at radius 1 is 1.11 bits per heavy atom. The summed E-state index contributed by atoms with van der Waals surface area (Å²) in [4.78, 5) is 31.0. The zero-order valence-electron chi connectivity index (χ0n) is 20.0. The monoisotopic (exact) mass is 507 g/mol. The molecule has 0 aliphatic heterocycles. The number of ether oxygens (including phenoxy) is 1. The highest BCUT2D eigenvalue weighted by Crippen LogP contribution is 2.45. The molecule has 0 saturated heterocycles. The quantitative estimate of drug-likeness (QED) is 0.417. The van der Waals surface area contributed by atoms with Crippen molar-refractivity contribution in [2.75, 3.05) is 11.9 Å². The molecular weight excluding hydrogens is 481 g/mol. The topological polar surface area (TPSA) is 85.5 Å². The van der Waals surface area contributed by atoms with Gasteiger partial charge < -0.3 is 10.5 Å². The van der Waals surface area contributed by atoms with Gasteiger partial charge in [0, 0.05) is 24.4 Å². The van der Waals surface area contributed by atoms with E-state index in [1.165, 1.54) is 30.1 Å². The van der Waals surface area contributed by atoms with Gasteiger partial charge in [-0.1, -0.05) is 23.7 Å². The first-order valence-electron chi connectivity index (χ1n) is 12.2. The van der Waals surface area contributed by atoms with Crippen LogP contribution in [0.5, 0.6) is 5.75 Å². The molecule has 5 rings (SSSR count). The second-order valence-corrected chi connectivity index (χ2v) is 9.88. The van der Waals surface area contributed by atoms with Crippen molar-refractivity contribution in [2.24, 2.45) is 5.73 Å². The van der Waals surface area contributed by atoms with Gasteiger partial charge in [0.2, 0.25) is 5.91 Å². The van der Waals surface area contributed by atoms with Crippen LogP contribution >= 0.6 is 11.6 Å². The molecule has 1 heterocycles. The second-order valence-electron chi connectivity index (χ2n) is 9.47. The van der Waals surface area contributed by atoms with Gasteiger partial charge in [-0.15, -0.1) is 0 Å². The number of nitrogens with zero attached hydrogens (tertiary/aromatic N) is 2. The van der Waals surface area contributed by atoms with Gasteiger partial charge in [-0.2, -0.15) is 0 Å². The molecule has 2 aliphatic carbocycles. The molecule has 186 valence electrons. The lowest BCUT2D eigenvalue weighted by Crippen LogP contribution is -2.29. The number of aromatic nitrogens is 1. The fourth-order valence-corrected chi connectivity index (χ4v) is 5.03. The van der Waals surface area contributed by atoms with Crippen molar-refractivity contribution in [1.29, 1.82) is 0 Å². The third-order valence-corrected chi connectivity index (χ3v) is 7.21. The van der Waals surface area contributed by atoms with Crippen LogP contribution in [0.4, 0.5) is 10.2 Å². The lowest BCUT2D eigenvalue weighted by atomic mass is 9.95. The minimum absolute atomic E-state index is 0.00112. The Morgan fingerprint density at radius 3 is 2.53 bits per heavy atom. The Balaban J connectivity index is 1.58. The summed E-state index contributed by atoms with van der Waals surface area (Å²) in [6.07, 6.45) is 7.77. The highest BCUT2D eigenvalue weighted by molar-refractivity contribution is 6.34. The molecule has 0 spiro atoms. The Kier molecular flexibility index (Phi) is 6.67. The van der Waals surface area contributed by atoms with E-state index in [4.69, 9.17) is 22.1 Å². The van der Waals surface area contributed by atoms with Crippen molar-refractivity contribution < 1.29 is 18.7 Å². The Bertz CT molecular complexity index is 1320. The summed E-state index contributed by atoms with van der Waals surface area (Å²) < 4.78 is 20.9. The van der Waals surface area contributed by atoms with E-state index >= 15 is 0 Å². The molecular formula is C28H27ClFN3O3. The SMILES string of the molecule is CN(C(=O)c1c(F)cccc1Cl)c1ncc(-c2cc(C(N)=O)ccc2C2CC2)cc1OC1CCCC1. The van der Waals surface area contributed by atoms with Crippen LogP contribution in [0, 0.1) is 5.82 Å². The van der Waals surface area contributed by atoms with Gasteiger partial charge in [-0.05, 0) is 85.9 Å². The minimum Gasteiger partial charge on any atom is -0.487 e. The number of primary amides is 1. The summed E-state index contributed by atoms with van der Waals surface area (Å²) in [6, 6.07) is 11.5. The Hall–Kier alpha value is -3.45. The molecule has 0 atom stereocenters. The number of pyridine rings is 1. The first-order valence-corrected chi connectivity index (χ1v) is 12.5. The van der Waals surface area contributed by atoms with Gasteiger partial charge in [0.25, 0.3) is 5.91 Å². The number of rotatable bonds is 7. The highest BCUT2D eigenvalue weighted by atomic mass is 35.5. The van der Waals surface area contributed by atoms with Crippen LogP contribution in [0.15, 0.2) is 48.7 Å². The number of halogens is 2. The maximum absolute atomic E-state index is 14.5. The van der Waals surface area contributed by atoms with Crippen LogP contribution in [-0.2, 0) is 0 Å². The van der Waals surface area contributed by atoms with Crippen molar-refractivity contribution in [3.63, 3.8) is 0 Å². The van der Waals surface area contributed by atoms with E-state index in [2.05, 4.69) is 4.98 Å². The van der Waals surface area contributed by atoms with Crippen LogP contribution in [0.25, 0.3) is 11.1 Å². The van der Waals surface area contributed by atoms with Gasteiger partial charge in [0.15, 0.2) is 11.6 Å². The minimum atomic E-state index is -0.702. The number of benzene rings is 2. The van der Waals surface area contributed by atoms with Crippen LogP contribution in [-0.4, -0.2) is 29.9 Å². The predicted molar refractivity (Wildman–Crippen MR) is 137 cm³/mol. The largest absolute Gasteiger partial charge is 0.487 e. The van der Waals surface area contributed by atoms with E-state index in [1.807, 2.05) is 12.1 Å². The van der Waals surface area contributed by atoms with Gasteiger partial charge in [0.1, 0.15) is 5.82 Å². The molecule has 0 radical (unpaired) electrons. The third-order valence-electron chi connectivity index (χ3n) is 6.89. The summed E-state index contributed by atoms with van der Waals surface area (Å²) in [6.45, 7) is 0. The summed E-state index contributed by atoms with van der Waals surface area (Å²) >= 11 is 6.15. The van der Waals surface area contributed by atoms with Crippen molar-refractivity contribution >= 4 is 29.2 Å². The molecule has 2 amide bonds. The first kappa shape index (κ1) is 24.3. The normalized spacial score (nSPS) is 15.6. The molecule has 2 aliphatic rings. The zero-order valence-corrected chi connectivity index (χ0v) is 20.7. The Morgan fingerprint density at radius 2 is 1.86 bits per heavy atom. The molecule has 8 heteroatoms.